The molecule has 4 N–H and O–H groups in total. The molecule has 10 heteroatoms. The minimum Gasteiger partial charge on any atom is -0.383 e. The van der Waals surface area contributed by atoms with Crippen LogP contribution in [0.1, 0.15) is 35.8 Å². The average Bonchev–Trinajstić information content (AvgIpc) is 3.30. The van der Waals surface area contributed by atoms with Gasteiger partial charge in [-0.25, -0.2) is 14.6 Å². The van der Waals surface area contributed by atoms with Gasteiger partial charge in [-0.15, -0.1) is 0 Å². The van der Waals surface area contributed by atoms with E-state index < -0.39 is 0 Å². The zero-order valence-electron chi connectivity index (χ0n) is 16.3. The van der Waals surface area contributed by atoms with Crippen LogP contribution < -0.4 is 11.5 Å². The molecule has 29 heavy (non-hydrogen) atoms. The maximum Gasteiger partial charge on any atom is 0.170 e. The molecular formula is C19H24N8O2. The van der Waals surface area contributed by atoms with E-state index in [4.69, 9.17) is 25.8 Å². The fraction of sp³-hybridized carbons (Fsp3) is 0.474. The minimum absolute atomic E-state index is 0.0235. The van der Waals surface area contributed by atoms with Crippen molar-refractivity contribution in [3.05, 3.63) is 29.4 Å². The summed E-state index contributed by atoms with van der Waals surface area (Å²) in [5.41, 5.74) is 14.8. The van der Waals surface area contributed by atoms with Gasteiger partial charge in [-0.2, -0.15) is 5.10 Å². The van der Waals surface area contributed by atoms with Gasteiger partial charge in [-0.3, -0.25) is 4.90 Å². The first-order chi connectivity index (χ1) is 14.1. The normalized spacial score (nSPS) is 22.2. The van der Waals surface area contributed by atoms with Crippen LogP contribution in [0.4, 0.5) is 11.6 Å². The molecule has 0 amide bonds. The predicted octanol–water partition coefficient (Wildman–Crippen LogP) is 1.22. The Morgan fingerprint density at radius 3 is 2.79 bits per heavy atom. The molecule has 1 aliphatic heterocycles. The summed E-state index contributed by atoms with van der Waals surface area (Å²) < 4.78 is 12.7. The standard InChI is InChI=1S/C19H24N8O2/c1-11-12(2-3-13-14(11)18(21)25-29-13)16-15-17(20)22-10-23-19(15)27(24-16)5-4-26-6-8-28-9-7-26/h2-3,10-12H,4-9H2,1H3,(H2,21,25)(H2,20,22,23). The molecule has 4 heterocycles. The van der Waals surface area contributed by atoms with Crippen molar-refractivity contribution in [1.82, 2.24) is 29.8 Å². The number of anilines is 2. The van der Waals surface area contributed by atoms with E-state index in [9.17, 15) is 0 Å². The first-order valence-corrected chi connectivity index (χ1v) is 9.83. The van der Waals surface area contributed by atoms with E-state index in [-0.39, 0.29) is 11.8 Å². The van der Waals surface area contributed by atoms with Gasteiger partial charge in [-0.05, 0) is 6.08 Å². The third-order valence-corrected chi connectivity index (χ3v) is 5.87. The van der Waals surface area contributed by atoms with E-state index in [1.165, 1.54) is 6.33 Å². The van der Waals surface area contributed by atoms with Crippen molar-refractivity contribution in [3.8, 4) is 0 Å². The van der Waals surface area contributed by atoms with Crippen LogP contribution in [-0.2, 0) is 11.3 Å². The Hall–Kier alpha value is -2.98. The highest BCUT2D eigenvalue weighted by Crippen LogP contribution is 2.44. The monoisotopic (exact) mass is 396 g/mol. The predicted molar refractivity (Wildman–Crippen MR) is 108 cm³/mol. The van der Waals surface area contributed by atoms with E-state index >= 15 is 0 Å². The molecule has 5 rings (SSSR count). The highest BCUT2D eigenvalue weighted by atomic mass is 16.5. The molecule has 1 aliphatic carbocycles. The molecule has 0 spiro atoms. The van der Waals surface area contributed by atoms with Gasteiger partial charge in [0.1, 0.15) is 12.1 Å². The van der Waals surface area contributed by atoms with Gasteiger partial charge in [0.2, 0.25) is 0 Å². The number of morpholine rings is 1. The van der Waals surface area contributed by atoms with E-state index in [2.05, 4.69) is 33.0 Å². The SMILES string of the molecule is CC1c2c(N)noc2C=CC1c1nn(CCN2CCOCC2)c2ncnc(N)c12. The maximum atomic E-state index is 6.25. The van der Waals surface area contributed by atoms with Gasteiger partial charge in [0, 0.05) is 37.0 Å². The molecule has 1 fully saturated rings. The lowest BCUT2D eigenvalue weighted by Crippen LogP contribution is -2.38. The second-order valence-corrected chi connectivity index (χ2v) is 7.54. The molecular weight excluding hydrogens is 372 g/mol. The molecule has 3 aromatic rings. The number of rotatable bonds is 4. The molecule has 3 aromatic heterocycles. The lowest BCUT2D eigenvalue weighted by atomic mass is 9.80. The Balaban J connectivity index is 1.51. The summed E-state index contributed by atoms with van der Waals surface area (Å²) in [6, 6.07) is 0. The molecule has 2 unspecified atom stereocenters. The number of ether oxygens (including phenoxy) is 1. The second-order valence-electron chi connectivity index (χ2n) is 7.54. The zero-order chi connectivity index (χ0) is 20.0. The number of hydrogen-bond acceptors (Lipinski definition) is 9. The van der Waals surface area contributed by atoms with Gasteiger partial charge in [-0.1, -0.05) is 18.2 Å². The summed E-state index contributed by atoms with van der Waals surface area (Å²) in [7, 11) is 0. The topological polar surface area (TPSA) is 134 Å². The third kappa shape index (κ3) is 3.04. The largest absolute Gasteiger partial charge is 0.383 e. The summed E-state index contributed by atoms with van der Waals surface area (Å²) in [6.07, 6.45) is 5.46. The van der Waals surface area contributed by atoms with Gasteiger partial charge in [0.25, 0.3) is 0 Å². The molecule has 2 atom stereocenters. The quantitative estimate of drug-likeness (QED) is 0.667. The Morgan fingerprint density at radius 2 is 1.97 bits per heavy atom. The van der Waals surface area contributed by atoms with Crippen molar-refractivity contribution < 1.29 is 9.26 Å². The van der Waals surface area contributed by atoms with Gasteiger partial charge in [0.05, 0.1) is 30.8 Å². The first-order valence-electron chi connectivity index (χ1n) is 9.83. The lowest BCUT2D eigenvalue weighted by molar-refractivity contribution is 0.0361. The zero-order valence-corrected chi connectivity index (χ0v) is 16.3. The number of fused-ring (bicyclic) bond motifs is 2. The highest BCUT2D eigenvalue weighted by molar-refractivity contribution is 5.89. The molecule has 1 saturated heterocycles. The van der Waals surface area contributed by atoms with E-state index in [0.29, 0.717) is 17.4 Å². The first kappa shape index (κ1) is 18.1. The third-order valence-electron chi connectivity index (χ3n) is 5.87. The number of nitrogen functional groups attached to an aromatic ring is 2. The Bertz CT molecular complexity index is 1070. The van der Waals surface area contributed by atoms with Crippen molar-refractivity contribution in [2.24, 2.45) is 0 Å². The summed E-state index contributed by atoms with van der Waals surface area (Å²) in [4.78, 5) is 11.1. The Morgan fingerprint density at radius 1 is 1.14 bits per heavy atom. The molecule has 10 nitrogen and oxygen atoms in total. The van der Waals surface area contributed by atoms with Gasteiger partial charge < -0.3 is 20.7 Å². The lowest BCUT2D eigenvalue weighted by Gasteiger charge is -2.26. The molecule has 0 aromatic carbocycles. The Labute approximate surface area is 167 Å². The van der Waals surface area contributed by atoms with E-state index in [1.807, 2.05) is 10.8 Å². The van der Waals surface area contributed by atoms with Crippen LogP contribution in [-0.4, -0.2) is 62.7 Å². The van der Waals surface area contributed by atoms with Crippen LogP contribution >= 0.6 is 0 Å². The average molecular weight is 396 g/mol. The van der Waals surface area contributed by atoms with Crippen LogP contribution in [0.15, 0.2) is 16.9 Å². The fourth-order valence-electron chi connectivity index (χ4n) is 4.27. The summed E-state index contributed by atoms with van der Waals surface area (Å²) >= 11 is 0. The van der Waals surface area contributed by atoms with Crippen molar-refractivity contribution in [1.29, 1.82) is 0 Å². The second kappa shape index (κ2) is 7.12. The van der Waals surface area contributed by atoms with Crippen LogP contribution in [0.5, 0.6) is 0 Å². The summed E-state index contributed by atoms with van der Waals surface area (Å²) in [6.45, 7) is 7.10. The minimum atomic E-state index is -0.0235. The highest BCUT2D eigenvalue weighted by Gasteiger charge is 2.33. The van der Waals surface area contributed by atoms with Crippen LogP contribution in [0.2, 0.25) is 0 Å². The molecule has 2 aliphatic rings. The van der Waals surface area contributed by atoms with Crippen LogP contribution in [0.25, 0.3) is 17.1 Å². The van der Waals surface area contributed by atoms with E-state index in [0.717, 1.165) is 61.7 Å². The number of nitrogens with zero attached hydrogens (tertiary/aromatic N) is 6. The van der Waals surface area contributed by atoms with Crippen molar-refractivity contribution >= 4 is 28.7 Å². The van der Waals surface area contributed by atoms with Crippen molar-refractivity contribution in [3.63, 3.8) is 0 Å². The van der Waals surface area contributed by atoms with E-state index in [1.54, 1.807) is 0 Å². The fourth-order valence-corrected chi connectivity index (χ4v) is 4.27. The Kier molecular flexibility index (Phi) is 4.44. The molecule has 152 valence electrons. The number of aromatic nitrogens is 5. The van der Waals surface area contributed by atoms with Crippen molar-refractivity contribution in [2.75, 3.05) is 44.3 Å². The summed E-state index contributed by atoms with van der Waals surface area (Å²) in [5.74, 6) is 1.58. The van der Waals surface area contributed by atoms with Crippen LogP contribution in [0, 0.1) is 0 Å². The molecule has 0 bridgehead atoms. The summed E-state index contributed by atoms with van der Waals surface area (Å²) in [5, 5.41) is 9.63. The number of nitrogens with two attached hydrogens (primary N) is 2. The molecule has 0 saturated carbocycles. The number of allylic oxidation sites excluding steroid dienone is 1. The number of hydrogen-bond donors (Lipinski definition) is 2. The van der Waals surface area contributed by atoms with Crippen LogP contribution in [0.3, 0.4) is 0 Å². The van der Waals surface area contributed by atoms with Crippen molar-refractivity contribution in [2.45, 2.75) is 25.3 Å². The maximum absolute atomic E-state index is 6.25. The van der Waals surface area contributed by atoms with Gasteiger partial charge in [0.15, 0.2) is 17.2 Å². The smallest absolute Gasteiger partial charge is 0.170 e. The molecule has 0 radical (unpaired) electrons. The van der Waals surface area contributed by atoms with Gasteiger partial charge >= 0.3 is 0 Å².